The smallest absolute Gasteiger partial charge is 0.416 e. The minimum Gasteiger partial charge on any atom is -0.487 e. The van der Waals surface area contributed by atoms with Crippen LogP contribution in [0.2, 0.25) is 0 Å². The van der Waals surface area contributed by atoms with Gasteiger partial charge in [-0.3, -0.25) is 9.79 Å². The van der Waals surface area contributed by atoms with Crippen LogP contribution in [0, 0.1) is 5.92 Å². The molecule has 2 aromatic rings. The number of thioether (sulfide) groups is 1. The van der Waals surface area contributed by atoms with Crippen molar-refractivity contribution in [2.75, 3.05) is 18.9 Å². The third-order valence-corrected chi connectivity index (χ3v) is 5.83. The Bertz CT molecular complexity index is 1190. The molecule has 1 aliphatic heterocycles. The fraction of sp³-hybridized carbons (Fsp3) is 0.333. The van der Waals surface area contributed by atoms with Crippen LogP contribution in [0.25, 0.3) is 6.08 Å². The van der Waals surface area contributed by atoms with Crippen molar-refractivity contribution in [3.63, 3.8) is 0 Å². The maximum Gasteiger partial charge on any atom is 0.416 e. The summed E-state index contributed by atoms with van der Waals surface area (Å²) in [5.41, 5.74) is -2.05. The molecule has 0 atom stereocenters. The Kier molecular flexibility index (Phi) is 8.27. The lowest BCUT2D eigenvalue weighted by molar-refractivity contribution is -0.143. The summed E-state index contributed by atoms with van der Waals surface area (Å²) >= 11 is 0.978. The van der Waals surface area contributed by atoms with Crippen molar-refractivity contribution in [3.8, 4) is 5.75 Å². The highest BCUT2D eigenvalue weighted by molar-refractivity contribution is 8.18. The second-order valence-electron chi connectivity index (χ2n) is 8.28. The zero-order valence-electron chi connectivity index (χ0n) is 19.5. The predicted molar refractivity (Wildman–Crippen MR) is 128 cm³/mol. The fourth-order valence-corrected chi connectivity index (χ4v) is 4.04. The summed E-state index contributed by atoms with van der Waals surface area (Å²) in [5, 5.41) is 5.52. The van der Waals surface area contributed by atoms with Gasteiger partial charge in [-0.05, 0) is 53.6 Å². The average molecular weight is 532 g/mol. The number of nitrogens with zero attached hydrogens (tertiary/aromatic N) is 1. The van der Waals surface area contributed by atoms with Crippen molar-refractivity contribution in [1.29, 1.82) is 0 Å². The maximum atomic E-state index is 13.5. The number of aliphatic imine (C=N–C) groups is 1. The van der Waals surface area contributed by atoms with Crippen LogP contribution in [0.1, 0.15) is 36.1 Å². The third kappa shape index (κ3) is 6.96. The van der Waals surface area contributed by atoms with E-state index in [0.29, 0.717) is 34.6 Å². The van der Waals surface area contributed by atoms with Crippen LogP contribution < -0.4 is 15.4 Å². The Morgan fingerprint density at radius 1 is 1.08 bits per heavy atom. The zero-order valence-corrected chi connectivity index (χ0v) is 20.3. The number of amidine groups is 1. The van der Waals surface area contributed by atoms with E-state index in [0.717, 1.165) is 17.8 Å². The van der Waals surface area contributed by atoms with Gasteiger partial charge >= 0.3 is 12.4 Å². The number of hydrogen-bond donors (Lipinski definition) is 2. The first-order valence-corrected chi connectivity index (χ1v) is 11.5. The molecule has 12 heteroatoms. The van der Waals surface area contributed by atoms with Crippen molar-refractivity contribution < 1.29 is 35.9 Å². The number of carbonyl (C=O) groups is 1. The summed E-state index contributed by atoms with van der Waals surface area (Å²) in [6.45, 7) is 3.87. The molecule has 36 heavy (non-hydrogen) atoms. The zero-order chi connectivity index (χ0) is 26.7. The lowest BCUT2D eigenvalue weighted by Crippen LogP contribution is -2.18. The van der Waals surface area contributed by atoms with E-state index in [4.69, 9.17) is 4.74 Å². The van der Waals surface area contributed by atoms with Crippen LogP contribution in [0.5, 0.6) is 5.75 Å². The molecule has 0 unspecified atom stereocenters. The molecule has 0 radical (unpaired) electrons. The van der Waals surface area contributed by atoms with Gasteiger partial charge in [0.25, 0.3) is 5.24 Å². The van der Waals surface area contributed by atoms with E-state index >= 15 is 0 Å². The monoisotopic (exact) mass is 531 g/mol. The highest BCUT2D eigenvalue weighted by Gasteiger charge is 2.38. The van der Waals surface area contributed by atoms with Gasteiger partial charge in [0, 0.05) is 19.2 Å². The molecule has 1 saturated heterocycles. The van der Waals surface area contributed by atoms with E-state index in [1.165, 1.54) is 0 Å². The number of anilines is 1. The second-order valence-corrected chi connectivity index (χ2v) is 9.30. The molecule has 1 aliphatic rings. The lowest BCUT2D eigenvalue weighted by Gasteiger charge is -2.18. The summed E-state index contributed by atoms with van der Waals surface area (Å²) in [6, 6.07) is 6.37. The molecule has 0 bridgehead atoms. The quantitative estimate of drug-likeness (QED) is 0.371. The van der Waals surface area contributed by atoms with E-state index in [1.807, 2.05) is 13.8 Å². The predicted octanol–water partition coefficient (Wildman–Crippen LogP) is 7.20. The van der Waals surface area contributed by atoms with Gasteiger partial charge in [-0.15, -0.1) is 0 Å². The molecule has 1 fully saturated rings. The van der Waals surface area contributed by atoms with E-state index in [2.05, 4.69) is 15.6 Å². The van der Waals surface area contributed by atoms with E-state index in [1.54, 1.807) is 31.3 Å². The molecule has 0 spiro atoms. The number of benzene rings is 2. The standard InChI is InChI=1S/C24H23F6N3O2S/c1-13(2)11-32-18-8-14(9-20-21(31-3)33-22(34)36-20)4-7-19(18)35-12-15-5-6-16(23(25,26)27)10-17(15)24(28,29)30/h4-10,13,32H,11-12H2,1-3H3,(H,31,33,34)/b20-9-. The van der Waals surface area contributed by atoms with Crippen LogP contribution in [0.15, 0.2) is 46.3 Å². The molecule has 1 amide bonds. The number of ether oxygens (including phenoxy) is 1. The number of carbonyl (C=O) groups excluding carboxylic acids is 1. The molecule has 0 aromatic heterocycles. The number of hydrogen-bond acceptors (Lipinski definition) is 5. The first kappa shape index (κ1) is 27.4. The highest BCUT2D eigenvalue weighted by atomic mass is 32.2. The highest BCUT2D eigenvalue weighted by Crippen LogP contribution is 2.38. The average Bonchev–Trinajstić information content (AvgIpc) is 3.14. The van der Waals surface area contributed by atoms with Crippen LogP contribution >= 0.6 is 11.8 Å². The molecule has 0 saturated carbocycles. The summed E-state index contributed by atoms with van der Waals surface area (Å²) in [4.78, 5) is 16.3. The number of rotatable bonds is 7. The fourth-order valence-electron chi connectivity index (χ4n) is 3.26. The van der Waals surface area contributed by atoms with Gasteiger partial charge in [-0.1, -0.05) is 26.0 Å². The Morgan fingerprint density at radius 3 is 2.42 bits per heavy atom. The first-order chi connectivity index (χ1) is 16.8. The topological polar surface area (TPSA) is 62.7 Å². The lowest BCUT2D eigenvalue weighted by atomic mass is 10.0. The summed E-state index contributed by atoms with van der Waals surface area (Å²) in [5.74, 6) is 0.880. The number of halogens is 6. The minimum atomic E-state index is -4.99. The Morgan fingerprint density at radius 2 is 1.81 bits per heavy atom. The van der Waals surface area contributed by atoms with E-state index in [-0.39, 0.29) is 23.0 Å². The Labute approximate surface area is 208 Å². The van der Waals surface area contributed by atoms with Gasteiger partial charge < -0.3 is 15.4 Å². The Hall–Kier alpha value is -3.15. The normalized spacial score (nSPS) is 16.7. The summed E-state index contributed by atoms with van der Waals surface area (Å²) in [6.07, 6.45) is -8.16. The van der Waals surface area contributed by atoms with E-state index < -0.39 is 35.6 Å². The van der Waals surface area contributed by atoms with Gasteiger partial charge in [0.1, 0.15) is 18.2 Å². The molecule has 1 heterocycles. The maximum absolute atomic E-state index is 13.5. The largest absolute Gasteiger partial charge is 0.487 e. The van der Waals surface area contributed by atoms with E-state index in [9.17, 15) is 31.1 Å². The van der Waals surface area contributed by atoms with Gasteiger partial charge in [-0.25, -0.2) is 0 Å². The molecule has 2 N–H and O–H groups in total. The molecule has 194 valence electrons. The summed E-state index contributed by atoms with van der Waals surface area (Å²) < 4.78 is 84.9. The van der Waals surface area contributed by atoms with Crippen LogP contribution in [0.4, 0.5) is 36.8 Å². The summed E-state index contributed by atoms with van der Waals surface area (Å²) in [7, 11) is 1.54. The van der Waals surface area contributed by atoms with Gasteiger partial charge in [0.05, 0.1) is 21.7 Å². The number of amides is 1. The minimum absolute atomic E-state index is 0.0906. The second kappa shape index (κ2) is 10.9. The molecule has 3 rings (SSSR count). The van der Waals surface area contributed by atoms with Crippen molar-refractivity contribution >= 4 is 34.6 Å². The molecular formula is C24H23F6N3O2S. The first-order valence-electron chi connectivity index (χ1n) is 10.7. The SMILES string of the molecule is CN=C1NC(=O)S/C1=C\c1ccc(OCc2ccc(C(F)(F)F)cc2C(F)(F)F)c(NCC(C)C)c1. The van der Waals surface area contributed by atoms with Crippen molar-refractivity contribution in [1.82, 2.24) is 5.32 Å². The van der Waals surface area contributed by atoms with Crippen molar-refractivity contribution in [2.45, 2.75) is 32.8 Å². The number of alkyl halides is 6. The van der Waals surface area contributed by atoms with Gasteiger partial charge in [0.15, 0.2) is 0 Å². The van der Waals surface area contributed by atoms with Crippen LogP contribution in [-0.4, -0.2) is 24.7 Å². The third-order valence-electron chi connectivity index (χ3n) is 5.01. The van der Waals surface area contributed by atoms with Gasteiger partial charge in [-0.2, -0.15) is 26.3 Å². The van der Waals surface area contributed by atoms with Crippen molar-refractivity contribution in [3.05, 3.63) is 63.6 Å². The number of nitrogens with one attached hydrogen (secondary N) is 2. The van der Waals surface area contributed by atoms with Crippen LogP contribution in [0.3, 0.4) is 0 Å². The molecule has 0 aliphatic carbocycles. The van der Waals surface area contributed by atoms with Gasteiger partial charge in [0.2, 0.25) is 0 Å². The van der Waals surface area contributed by atoms with Crippen LogP contribution in [-0.2, 0) is 19.0 Å². The Balaban J connectivity index is 1.91. The molecule has 2 aromatic carbocycles. The molecule has 5 nitrogen and oxygen atoms in total. The van der Waals surface area contributed by atoms with Crippen molar-refractivity contribution in [2.24, 2.45) is 10.9 Å². The molecular weight excluding hydrogens is 508 g/mol.